The van der Waals surface area contributed by atoms with E-state index >= 15 is 0 Å². The number of likely N-dealkylation sites (tertiary alicyclic amines) is 1. The number of halogens is 5. The molecule has 1 aliphatic heterocycles. The van der Waals surface area contributed by atoms with Crippen LogP contribution in [0.15, 0.2) is 0 Å². The molecule has 0 bridgehead atoms. The van der Waals surface area contributed by atoms with E-state index in [-0.39, 0.29) is 6.04 Å². The van der Waals surface area contributed by atoms with Crippen LogP contribution in [0.4, 0.5) is 26.7 Å². The standard InChI is InChI=1S/C26H39F5N4O7/c1-23(2,3)17(34-22(40)41-7)21(39)35-12-15(42-26(29,30)31)24(4,5)18(35)20(38)33-14(10-11-25(6,27)28)16(36)19(37)32-13-8-9-13/h13-15,17-18H,8-12H2,1-7H3,(H,32,37)(H,33,38)(H,34,40)/t14-,15-,17+,18+/m0/s1. The minimum absolute atomic E-state index is 0.260. The molecule has 3 N–H and O–H groups in total. The first-order valence-corrected chi connectivity index (χ1v) is 13.4. The van der Waals surface area contributed by atoms with Crippen LogP contribution in [0.5, 0.6) is 0 Å². The van der Waals surface area contributed by atoms with Crippen molar-refractivity contribution in [2.24, 2.45) is 10.8 Å². The largest absolute Gasteiger partial charge is 0.522 e. The van der Waals surface area contributed by atoms with Crippen molar-refractivity contribution < 1.29 is 55.4 Å². The zero-order chi connectivity index (χ0) is 32.4. The second-order valence-corrected chi connectivity index (χ2v) is 12.5. The summed E-state index contributed by atoms with van der Waals surface area (Å²) >= 11 is 0. The lowest BCUT2D eigenvalue weighted by Crippen LogP contribution is -2.61. The van der Waals surface area contributed by atoms with Gasteiger partial charge in [0.25, 0.3) is 5.91 Å². The number of ketones is 1. The minimum Gasteiger partial charge on any atom is -0.453 e. The number of hydrogen-bond donors (Lipinski definition) is 3. The predicted octanol–water partition coefficient (Wildman–Crippen LogP) is 2.67. The zero-order valence-corrected chi connectivity index (χ0v) is 24.6. The summed E-state index contributed by atoms with van der Waals surface area (Å²) in [6.07, 6.45) is -8.27. The Morgan fingerprint density at radius 3 is 2.00 bits per heavy atom. The van der Waals surface area contributed by atoms with E-state index in [1.165, 1.54) is 13.8 Å². The molecule has 0 aromatic carbocycles. The third-order valence-electron chi connectivity index (χ3n) is 7.22. The van der Waals surface area contributed by atoms with Crippen LogP contribution in [0, 0.1) is 10.8 Å². The molecule has 11 nitrogen and oxygen atoms in total. The Hall–Kier alpha value is -3.04. The van der Waals surface area contributed by atoms with Crippen LogP contribution in [0.1, 0.15) is 67.2 Å². The second-order valence-electron chi connectivity index (χ2n) is 12.5. The summed E-state index contributed by atoms with van der Waals surface area (Å²) in [4.78, 5) is 65.6. The molecular weight excluding hydrogens is 575 g/mol. The number of alkyl carbamates (subject to hydrolysis) is 1. The lowest BCUT2D eigenvalue weighted by molar-refractivity contribution is -0.349. The normalized spacial score (nSPS) is 22.1. The van der Waals surface area contributed by atoms with Crippen molar-refractivity contribution in [1.82, 2.24) is 20.9 Å². The molecule has 0 radical (unpaired) electrons. The van der Waals surface area contributed by atoms with Crippen molar-refractivity contribution in [3.05, 3.63) is 0 Å². The fraction of sp³-hybridized carbons (Fsp3) is 0.808. The summed E-state index contributed by atoms with van der Waals surface area (Å²) < 4.78 is 76.2. The molecule has 1 heterocycles. The average molecular weight is 615 g/mol. The monoisotopic (exact) mass is 614 g/mol. The smallest absolute Gasteiger partial charge is 0.453 e. The van der Waals surface area contributed by atoms with Crippen molar-refractivity contribution in [3.8, 4) is 0 Å². The van der Waals surface area contributed by atoms with Gasteiger partial charge in [0.2, 0.25) is 23.5 Å². The molecule has 2 aliphatic rings. The first-order valence-electron chi connectivity index (χ1n) is 13.4. The molecule has 0 unspecified atom stereocenters. The van der Waals surface area contributed by atoms with Crippen LogP contribution in [-0.2, 0) is 28.7 Å². The van der Waals surface area contributed by atoms with Crippen LogP contribution in [-0.4, -0.2) is 90.7 Å². The van der Waals surface area contributed by atoms with E-state index in [0.717, 1.165) is 12.0 Å². The Labute approximate surface area is 240 Å². The lowest BCUT2D eigenvalue weighted by atomic mass is 9.81. The predicted molar refractivity (Wildman–Crippen MR) is 137 cm³/mol. The Kier molecular flexibility index (Phi) is 10.6. The van der Waals surface area contributed by atoms with Gasteiger partial charge in [0, 0.05) is 24.4 Å². The Morgan fingerprint density at radius 2 is 1.55 bits per heavy atom. The quantitative estimate of drug-likeness (QED) is 0.240. The van der Waals surface area contributed by atoms with Crippen LogP contribution in [0.3, 0.4) is 0 Å². The summed E-state index contributed by atoms with van der Waals surface area (Å²) in [6, 6.07) is -5.14. The van der Waals surface area contributed by atoms with Gasteiger partial charge in [0.15, 0.2) is 0 Å². The van der Waals surface area contributed by atoms with E-state index < -0.39 is 96.3 Å². The number of Topliss-reactive ketones (excluding diaryl/α,β-unsaturated/α-hetero) is 1. The van der Waals surface area contributed by atoms with Crippen molar-refractivity contribution >= 4 is 29.6 Å². The number of hydrogen-bond acceptors (Lipinski definition) is 7. The van der Waals surface area contributed by atoms with E-state index in [1.54, 1.807) is 20.8 Å². The summed E-state index contributed by atoms with van der Waals surface area (Å²) in [5.41, 5.74) is -2.77. The first-order chi connectivity index (χ1) is 19.0. The maximum Gasteiger partial charge on any atom is 0.522 e. The first kappa shape index (κ1) is 35.2. The summed E-state index contributed by atoms with van der Waals surface area (Å²) in [6.45, 7) is 6.99. The average Bonchev–Trinajstić information content (AvgIpc) is 3.60. The van der Waals surface area contributed by atoms with Gasteiger partial charge < -0.3 is 25.6 Å². The van der Waals surface area contributed by atoms with Crippen LogP contribution < -0.4 is 16.0 Å². The van der Waals surface area contributed by atoms with E-state index in [0.29, 0.717) is 19.8 Å². The second kappa shape index (κ2) is 12.7. The zero-order valence-electron chi connectivity index (χ0n) is 24.6. The summed E-state index contributed by atoms with van der Waals surface area (Å²) in [5.74, 6) is -7.70. The molecule has 1 saturated heterocycles. The third-order valence-corrected chi connectivity index (χ3v) is 7.22. The highest BCUT2D eigenvalue weighted by molar-refractivity contribution is 6.38. The van der Waals surface area contributed by atoms with Crippen LogP contribution >= 0.6 is 0 Å². The number of carbonyl (C=O) groups is 5. The Bertz CT molecular complexity index is 1050. The van der Waals surface area contributed by atoms with Gasteiger partial charge in [-0.2, -0.15) is 0 Å². The molecule has 2 fully saturated rings. The van der Waals surface area contributed by atoms with Gasteiger partial charge in [-0.25, -0.2) is 13.6 Å². The van der Waals surface area contributed by atoms with E-state index in [1.807, 2.05) is 0 Å². The fourth-order valence-electron chi connectivity index (χ4n) is 4.70. The molecule has 4 amide bonds. The number of ether oxygens (including phenoxy) is 2. The highest BCUT2D eigenvalue weighted by Crippen LogP contribution is 2.42. The SMILES string of the molecule is COC(=O)N[C@H](C(=O)N1C[C@H](OC(F)(F)F)C(C)(C)[C@H]1C(=O)N[C@@H](CCC(C)(F)F)C(=O)C(=O)NC1CC1)C(C)(C)C. The van der Waals surface area contributed by atoms with Crippen molar-refractivity contribution in [2.75, 3.05) is 13.7 Å². The van der Waals surface area contributed by atoms with E-state index in [9.17, 15) is 45.9 Å². The van der Waals surface area contributed by atoms with Crippen LogP contribution in [0.25, 0.3) is 0 Å². The van der Waals surface area contributed by atoms with Gasteiger partial charge in [-0.1, -0.05) is 34.6 Å². The highest BCUT2D eigenvalue weighted by atomic mass is 19.4. The Balaban J connectivity index is 2.48. The molecule has 4 atom stereocenters. The fourth-order valence-corrected chi connectivity index (χ4v) is 4.70. The third kappa shape index (κ3) is 9.49. The summed E-state index contributed by atoms with van der Waals surface area (Å²) in [5, 5.41) is 6.98. The molecule has 0 aromatic heterocycles. The number of nitrogens with one attached hydrogen (secondary N) is 3. The molecule has 2 rings (SSSR count). The molecule has 0 aromatic rings. The van der Waals surface area contributed by atoms with Gasteiger partial charge in [0.1, 0.15) is 12.1 Å². The number of carbonyl (C=O) groups excluding carboxylic acids is 5. The minimum atomic E-state index is -5.15. The molecule has 1 aliphatic carbocycles. The molecule has 0 spiro atoms. The lowest BCUT2D eigenvalue weighted by Gasteiger charge is -2.37. The number of amides is 4. The van der Waals surface area contributed by atoms with Gasteiger partial charge in [-0.15, -0.1) is 13.2 Å². The maximum absolute atomic E-state index is 13.8. The molecular formula is C26H39F5N4O7. The van der Waals surface area contributed by atoms with Gasteiger partial charge in [0.05, 0.1) is 19.3 Å². The van der Waals surface area contributed by atoms with Crippen molar-refractivity contribution in [1.29, 1.82) is 0 Å². The number of nitrogens with zero attached hydrogens (tertiary/aromatic N) is 1. The molecule has 1 saturated carbocycles. The number of alkyl halides is 5. The van der Waals surface area contributed by atoms with Crippen LogP contribution in [0.2, 0.25) is 0 Å². The van der Waals surface area contributed by atoms with Gasteiger partial charge in [-0.3, -0.25) is 23.9 Å². The highest BCUT2D eigenvalue weighted by Gasteiger charge is 2.58. The number of methoxy groups -OCH3 is 1. The molecule has 16 heteroatoms. The van der Waals surface area contributed by atoms with Gasteiger partial charge >= 0.3 is 12.5 Å². The van der Waals surface area contributed by atoms with Crippen molar-refractivity contribution in [2.45, 2.75) is 110 Å². The Morgan fingerprint density at radius 1 is 0.976 bits per heavy atom. The summed E-state index contributed by atoms with van der Waals surface area (Å²) in [7, 11) is 1.04. The van der Waals surface area contributed by atoms with Gasteiger partial charge in [-0.05, 0) is 31.6 Å². The van der Waals surface area contributed by atoms with E-state index in [2.05, 4.69) is 25.4 Å². The topological polar surface area (TPSA) is 143 Å². The van der Waals surface area contributed by atoms with Crippen molar-refractivity contribution in [3.63, 3.8) is 0 Å². The number of rotatable bonds is 11. The molecule has 240 valence electrons. The maximum atomic E-state index is 13.8. The van der Waals surface area contributed by atoms with E-state index in [4.69, 9.17) is 0 Å². The molecule has 42 heavy (non-hydrogen) atoms.